The van der Waals surface area contributed by atoms with Crippen LogP contribution in [0.4, 0.5) is 0 Å². The van der Waals surface area contributed by atoms with Gasteiger partial charge in [0.25, 0.3) is 0 Å². The highest BCUT2D eigenvalue weighted by Gasteiger charge is 2.26. The van der Waals surface area contributed by atoms with E-state index in [0.717, 1.165) is 24.9 Å². The van der Waals surface area contributed by atoms with Crippen molar-refractivity contribution in [1.82, 2.24) is 4.90 Å². The van der Waals surface area contributed by atoms with Gasteiger partial charge in [-0.25, -0.2) is 8.42 Å². The summed E-state index contributed by atoms with van der Waals surface area (Å²) in [5.41, 5.74) is 2.15. The summed E-state index contributed by atoms with van der Waals surface area (Å²) >= 11 is 1.24. The summed E-state index contributed by atoms with van der Waals surface area (Å²) in [6.07, 6.45) is 4.52. The van der Waals surface area contributed by atoms with Crippen molar-refractivity contribution in [2.75, 3.05) is 13.7 Å². The fourth-order valence-corrected chi connectivity index (χ4v) is 6.27. The van der Waals surface area contributed by atoms with E-state index >= 15 is 0 Å². The Morgan fingerprint density at radius 1 is 1.10 bits per heavy atom. The molecule has 0 spiro atoms. The van der Waals surface area contributed by atoms with E-state index in [4.69, 9.17) is 4.74 Å². The molecule has 1 atom stereocenters. The number of benzene rings is 2. The van der Waals surface area contributed by atoms with Gasteiger partial charge in [0.1, 0.15) is 9.96 Å². The van der Waals surface area contributed by atoms with Crippen LogP contribution in [-0.4, -0.2) is 27.0 Å². The van der Waals surface area contributed by atoms with Crippen LogP contribution in [0.1, 0.15) is 30.0 Å². The van der Waals surface area contributed by atoms with E-state index in [9.17, 15) is 8.42 Å². The van der Waals surface area contributed by atoms with Gasteiger partial charge in [-0.1, -0.05) is 36.4 Å². The van der Waals surface area contributed by atoms with Crippen molar-refractivity contribution in [3.63, 3.8) is 0 Å². The number of methoxy groups -OCH3 is 1. The molecule has 1 aliphatic heterocycles. The number of rotatable bonds is 6. The Balaban J connectivity index is 1.67. The van der Waals surface area contributed by atoms with Gasteiger partial charge in [0.05, 0.1) is 12.0 Å². The molecule has 4 nitrogen and oxygen atoms in total. The van der Waals surface area contributed by atoms with Crippen LogP contribution >= 0.6 is 11.3 Å². The lowest BCUT2D eigenvalue weighted by atomic mass is 9.94. The average Bonchev–Trinajstić information content (AvgIpc) is 3.31. The van der Waals surface area contributed by atoms with Crippen LogP contribution in [0.25, 0.3) is 0 Å². The van der Waals surface area contributed by atoms with Gasteiger partial charge in [0.2, 0.25) is 9.84 Å². The number of thiophene rings is 1. The highest BCUT2D eigenvalue weighted by molar-refractivity contribution is 7.93. The maximum Gasteiger partial charge on any atom is 0.215 e. The van der Waals surface area contributed by atoms with E-state index in [1.807, 2.05) is 6.07 Å². The first-order chi connectivity index (χ1) is 14.1. The summed E-state index contributed by atoms with van der Waals surface area (Å²) in [4.78, 5) is 2.70. The van der Waals surface area contributed by atoms with Gasteiger partial charge in [-0.2, -0.15) is 0 Å². The third kappa shape index (κ3) is 4.25. The summed E-state index contributed by atoms with van der Waals surface area (Å²) in [6, 6.07) is 19.2. The van der Waals surface area contributed by atoms with Gasteiger partial charge >= 0.3 is 0 Å². The fraction of sp³-hybridized carbons (Fsp3) is 0.261. The van der Waals surface area contributed by atoms with Gasteiger partial charge in [-0.05, 0) is 61.0 Å². The minimum Gasteiger partial charge on any atom is -0.496 e. The molecular weight excluding hydrogens is 402 g/mol. The first kappa shape index (κ1) is 20.1. The first-order valence-corrected chi connectivity index (χ1v) is 12.0. The molecule has 0 saturated carbocycles. The lowest BCUT2D eigenvalue weighted by molar-refractivity contribution is 0.177. The SMILES string of the molecule is COc1ccc(S(=O)(=O)c2cccs2)cc1CN1CCC[CH][C@H]1c1ccccc1. The lowest BCUT2D eigenvalue weighted by Crippen LogP contribution is -2.33. The molecular formula is C23H24NO3S2. The number of hydrogen-bond donors (Lipinski definition) is 0. The molecule has 1 fully saturated rings. The highest BCUT2D eigenvalue weighted by atomic mass is 32.2. The second-order valence-corrected chi connectivity index (χ2v) is 10.2. The quantitative estimate of drug-likeness (QED) is 0.548. The van der Waals surface area contributed by atoms with E-state index in [0.29, 0.717) is 21.4 Å². The van der Waals surface area contributed by atoms with E-state index in [2.05, 4.69) is 35.6 Å². The zero-order chi connectivity index (χ0) is 20.3. The van der Waals surface area contributed by atoms with Crippen LogP contribution in [0.15, 0.2) is 75.1 Å². The third-order valence-electron chi connectivity index (χ3n) is 5.27. The number of sulfone groups is 1. The molecule has 1 aromatic heterocycles. The maximum atomic E-state index is 13.0. The number of ether oxygens (including phenoxy) is 1. The molecule has 29 heavy (non-hydrogen) atoms. The fourth-order valence-electron chi connectivity index (χ4n) is 3.83. The van der Waals surface area contributed by atoms with Crippen molar-refractivity contribution >= 4 is 21.2 Å². The monoisotopic (exact) mass is 426 g/mol. The van der Waals surface area contributed by atoms with Gasteiger partial charge in [-0.3, -0.25) is 4.90 Å². The Kier molecular flexibility index (Phi) is 6.04. The summed E-state index contributed by atoms with van der Waals surface area (Å²) < 4.78 is 31.9. The van der Waals surface area contributed by atoms with Crippen molar-refractivity contribution in [1.29, 1.82) is 0 Å². The topological polar surface area (TPSA) is 46.6 Å². The standard InChI is InChI=1S/C23H24NO3S2/c1-27-22-13-12-20(29(25,26)23-11-7-15-28-23)16-19(22)17-24-14-6-5-10-21(24)18-8-3-2-4-9-18/h2-4,7-13,15-16,21H,5-6,14,17H2,1H3/t21-/m0/s1. The number of hydrogen-bond acceptors (Lipinski definition) is 5. The Morgan fingerprint density at radius 2 is 1.93 bits per heavy atom. The third-order valence-corrected chi connectivity index (χ3v) is 8.42. The van der Waals surface area contributed by atoms with Crippen LogP contribution in [0.3, 0.4) is 0 Å². The van der Waals surface area contributed by atoms with Gasteiger partial charge in [0, 0.05) is 18.2 Å². The van der Waals surface area contributed by atoms with Crippen molar-refractivity contribution in [3.8, 4) is 5.75 Å². The lowest BCUT2D eigenvalue weighted by Gasteiger charge is -2.36. The molecule has 151 valence electrons. The van der Waals surface area contributed by atoms with Crippen LogP contribution in [0, 0.1) is 6.42 Å². The number of nitrogens with zero attached hydrogens (tertiary/aromatic N) is 1. The minimum atomic E-state index is -3.51. The van der Waals surface area contributed by atoms with Crippen molar-refractivity contribution in [3.05, 3.63) is 83.6 Å². The van der Waals surface area contributed by atoms with Crippen molar-refractivity contribution < 1.29 is 13.2 Å². The van der Waals surface area contributed by atoms with Crippen molar-refractivity contribution in [2.45, 2.75) is 34.5 Å². The van der Waals surface area contributed by atoms with Crippen LogP contribution in [0.5, 0.6) is 5.75 Å². The molecule has 0 aliphatic carbocycles. The molecule has 0 bridgehead atoms. The Morgan fingerprint density at radius 3 is 2.66 bits per heavy atom. The molecule has 3 aromatic rings. The summed E-state index contributed by atoms with van der Waals surface area (Å²) in [5.74, 6) is 0.715. The zero-order valence-electron chi connectivity index (χ0n) is 16.3. The minimum absolute atomic E-state index is 0.215. The molecule has 0 unspecified atom stereocenters. The Bertz CT molecular complexity index is 1050. The molecule has 2 aromatic carbocycles. The van der Waals surface area contributed by atoms with Crippen molar-refractivity contribution in [2.24, 2.45) is 0 Å². The average molecular weight is 427 g/mol. The predicted octanol–water partition coefficient (Wildman–Crippen LogP) is 5.13. The number of likely N-dealkylation sites (tertiary alicyclic amines) is 1. The van der Waals surface area contributed by atoms with Gasteiger partial charge in [0.15, 0.2) is 0 Å². The van der Waals surface area contributed by atoms with Crippen LogP contribution in [0.2, 0.25) is 0 Å². The van der Waals surface area contributed by atoms with Crippen LogP contribution in [-0.2, 0) is 16.4 Å². The Labute approximate surface area is 176 Å². The molecule has 1 radical (unpaired) electrons. The molecule has 0 amide bonds. The molecule has 1 aliphatic rings. The normalized spacial score (nSPS) is 17.9. The van der Waals surface area contributed by atoms with E-state index < -0.39 is 9.84 Å². The van der Waals surface area contributed by atoms with E-state index in [1.165, 1.54) is 16.9 Å². The summed E-state index contributed by atoms with van der Waals surface area (Å²) in [7, 11) is -1.88. The molecule has 6 heteroatoms. The second-order valence-electron chi connectivity index (χ2n) is 7.11. The smallest absolute Gasteiger partial charge is 0.215 e. The Hall–Kier alpha value is -2.15. The predicted molar refractivity (Wildman–Crippen MR) is 116 cm³/mol. The largest absolute Gasteiger partial charge is 0.496 e. The summed E-state index contributed by atoms with van der Waals surface area (Å²) in [5, 5.41) is 1.78. The maximum absolute atomic E-state index is 13.0. The van der Waals surface area contributed by atoms with Gasteiger partial charge < -0.3 is 4.74 Å². The molecule has 2 heterocycles. The molecule has 1 saturated heterocycles. The van der Waals surface area contributed by atoms with E-state index in [1.54, 1.807) is 42.8 Å². The first-order valence-electron chi connectivity index (χ1n) is 9.67. The highest BCUT2D eigenvalue weighted by Crippen LogP contribution is 2.34. The van der Waals surface area contributed by atoms with Gasteiger partial charge in [-0.15, -0.1) is 11.3 Å². The zero-order valence-corrected chi connectivity index (χ0v) is 18.0. The van der Waals surface area contributed by atoms with Crippen LogP contribution < -0.4 is 4.74 Å². The second kappa shape index (κ2) is 8.69. The number of piperidine rings is 1. The summed E-state index contributed by atoms with van der Waals surface area (Å²) in [6.45, 7) is 1.59. The van der Waals surface area contributed by atoms with E-state index in [-0.39, 0.29) is 6.04 Å². The molecule has 0 N–H and O–H groups in total. The molecule has 4 rings (SSSR count).